The van der Waals surface area contributed by atoms with Gasteiger partial charge >= 0.3 is 0 Å². The van der Waals surface area contributed by atoms with Crippen LogP contribution in [0.1, 0.15) is 43.5 Å². The first-order valence-electron chi connectivity index (χ1n) is 7.81. The Labute approximate surface area is 123 Å². The summed E-state index contributed by atoms with van der Waals surface area (Å²) < 4.78 is 2.51. The second-order valence-corrected chi connectivity index (χ2v) is 6.10. The Bertz CT molecular complexity index is 581. The number of nitrogens with one attached hydrogen (secondary N) is 1. The molecule has 1 heterocycles. The molecule has 1 atom stereocenters. The van der Waals surface area contributed by atoms with E-state index in [4.69, 9.17) is 0 Å². The molecule has 20 heavy (non-hydrogen) atoms. The first-order chi connectivity index (χ1) is 9.58. The first-order valence-corrected chi connectivity index (χ1v) is 7.81. The van der Waals surface area contributed by atoms with Crippen molar-refractivity contribution in [3.8, 4) is 0 Å². The maximum Gasteiger partial charge on any atom is 0.0485 e. The summed E-state index contributed by atoms with van der Waals surface area (Å²) in [6.07, 6.45) is 2.57. The van der Waals surface area contributed by atoms with E-state index in [1.165, 1.54) is 40.6 Å². The van der Waals surface area contributed by atoms with Gasteiger partial charge in [-0.15, -0.1) is 0 Å². The number of hydrogen-bond acceptors (Lipinski definition) is 1. The maximum atomic E-state index is 3.23. The van der Waals surface area contributed by atoms with E-state index in [0.29, 0.717) is 0 Å². The number of hydrogen-bond donors (Lipinski definition) is 1. The molecule has 110 valence electrons. The summed E-state index contributed by atoms with van der Waals surface area (Å²) in [5, 5.41) is 4.65. The number of fused-ring (bicyclic) bond motifs is 1. The number of aromatic nitrogens is 1. The van der Waals surface area contributed by atoms with E-state index >= 15 is 0 Å². The van der Waals surface area contributed by atoms with Crippen LogP contribution in [0.3, 0.4) is 0 Å². The van der Waals surface area contributed by atoms with Crippen LogP contribution in [0.5, 0.6) is 0 Å². The molecule has 1 aromatic carbocycles. The zero-order valence-corrected chi connectivity index (χ0v) is 13.6. The van der Waals surface area contributed by atoms with Crippen LogP contribution in [0.25, 0.3) is 10.9 Å². The number of aryl methyl sites for hydroxylation is 1. The Morgan fingerprint density at radius 3 is 2.65 bits per heavy atom. The van der Waals surface area contributed by atoms with Crippen molar-refractivity contribution in [1.82, 2.24) is 9.88 Å². The Balaban J connectivity index is 2.42. The van der Waals surface area contributed by atoms with E-state index in [-0.39, 0.29) is 0 Å². The van der Waals surface area contributed by atoms with Gasteiger partial charge in [0, 0.05) is 29.7 Å². The summed E-state index contributed by atoms with van der Waals surface area (Å²) in [6.45, 7) is 11.2. The normalized spacial score (nSPS) is 13.1. The number of benzene rings is 1. The van der Waals surface area contributed by atoms with E-state index < -0.39 is 0 Å². The number of nitrogens with zero attached hydrogens (tertiary/aromatic N) is 1. The van der Waals surface area contributed by atoms with Gasteiger partial charge in [-0.05, 0) is 56.5 Å². The predicted octanol–water partition coefficient (Wildman–Crippen LogP) is 4.41. The minimum absolute atomic E-state index is 0.741. The molecule has 0 saturated carbocycles. The van der Waals surface area contributed by atoms with E-state index in [1.54, 1.807) is 0 Å². The second kappa shape index (κ2) is 6.45. The SMILES string of the molecule is CCCC(C)Cn1c(C)c(C)c2cc(CNC)ccc21. The van der Waals surface area contributed by atoms with Crippen LogP contribution in [0.15, 0.2) is 18.2 Å². The van der Waals surface area contributed by atoms with Gasteiger partial charge in [0.2, 0.25) is 0 Å². The van der Waals surface area contributed by atoms with Crippen LogP contribution in [-0.2, 0) is 13.1 Å². The lowest BCUT2D eigenvalue weighted by atomic mass is 10.1. The van der Waals surface area contributed by atoms with E-state index in [9.17, 15) is 0 Å². The van der Waals surface area contributed by atoms with Crippen LogP contribution < -0.4 is 5.32 Å². The van der Waals surface area contributed by atoms with Crippen molar-refractivity contribution in [3.05, 3.63) is 35.0 Å². The molecule has 1 unspecified atom stereocenters. The third kappa shape index (κ3) is 2.90. The predicted molar refractivity (Wildman–Crippen MR) is 88.2 cm³/mol. The van der Waals surface area contributed by atoms with Gasteiger partial charge in [-0.1, -0.05) is 26.3 Å². The third-order valence-electron chi connectivity index (χ3n) is 4.36. The largest absolute Gasteiger partial charge is 0.344 e. The summed E-state index contributed by atoms with van der Waals surface area (Å²) in [6, 6.07) is 6.88. The zero-order valence-electron chi connectivity index (χ0n) is 13.6. The van der Waals surface area contributed by atoms with Crippen LogP contribution in [0.4, 0.5) is 0 Å². The summed E-state index contributed by atoms with van der Waals surface area (Å²) in [5.41, 5.74) is 5.61. The lowest BCUT2D eigenvalue weighted by molar-refractivity contribution is 0.448. The summed E-state index contributed by atoms with van der Waals surface area (Å²) >= 11 is 0. The molecule has 0 aliphatic heterocycles. The van der Waals surface area contributed by atoms with Gasteiger partial charge in [-0.3, -0.25) is 0 Å². The zero-order chi connectivity index (χ0) is 14.7. The van der Waals surface area contributed by atoms with Gasteiger partial charge in [-0.2, -0.15) is 0 Å². The van der Waals surface area contributed by atoms with E-state index in [1.807, 2.05) is 7.05 Å². The molecule has 0 spiro atoms. The molecule has 2 heteroatoms. The lowest BCUT2D eigenvalue weighted by Gasteiger charge is -2.14. The van der Waals surface area contributed by atoms with Crippen molar-refractivity contribution in [3.63, 3.8) is 0 Å². The van der Waals surface area contributed by atoms with E-state index in [2.05, 4.69) is 55.8 Å². The lowest BCUT2D eigenvalue weighted by Crippen LogP contribution is -2.09. The van der Waals surface area contributed by atoms with Crippen molar-refractivity contribution in [2.24, 2.45) is 5.92 Å². The third-order valence-corrected chi connectivity index (χ3v) is 4.36. The quantitative estimate of drug-likeness (QED) is 0.824. The van der Waals surface area contributed by atoms with Crippen molar-refractivity contribution in [2.45, 2.75) is 53.6 Å². The average Bonchev–Trinajstić information content (AvgIpc) is 2.65. The molecule has 0 radical (unpaired) electrons. The summed E-state index contributed by atoms with van der Waals surface area (Å²) in [7, 11) is 2.00. The molecular weight excluding hydrogens is 244 g/mol. The molecular formula is C18H28N2. The highest BCUT2D eigenvalue weighted by Gasteiger charge is 2.13. The van der Waals surface area contributed by atoms with Crippen molar-refractivity contribution < 1.29 is 0 Å². The Hall–Kier alpha value is -1.28. The maximum absolute atomic E-state index is 3.23. The van der Waals surface area contributed by atoms with Gasteiger partial charge in [0.05, 0.1) is 0 Å². The van der Waals surface area contributed by atoms with Gasteiger partial charge < -0.3 is 9.88 Å². The van der Waals surface area contributed by atoms with Crippen molar-refractivity contribution in [2.75, 3.05) is 7.05 Å². The van der Waals surface area contributed by atoms with Crippen LogP contribution >= 0.6 is 0 Å². The molecule has 0 aliphatic carbocycles. The van der Waals surface area contributed by atoms with Crippen LogP contribution in [-0.4, -0.2) is 11.6 Å². The van der Waals surface area contributed by atoms with Gasteiger partial charge in [0.25, 0.3) is 0 Å². The molecule has 2 aromatic rings. The summed E-state index contributed by atoms with van der Waals surface area (Å²) in [5.74, 6) is 0.741. The highest BCUT2D eigenvalue weighted by Crippen LogP contribution is 2.27. The minimum atomic E-state index is 0.741. The smallest absolute Gasteiger partial charge is 0.0485 e. The molecule has 1 N–H and O–H groups in total. The van der Waals surface area contributed by atoms with Crippen LogP contribution in [0.2, 0.25) is 0 Å². The standard InChI is InChI=1S/C18H28N2/c1-6-7-13(2)12-20-15(4)14(3)17-10-16(11-19-5)8-9-18(17)20/h8-10,13,19H,6-7,11-12H2,1-5H3. The highest BCUT2D eigenvalue weighted by atomic mass is 15.0. The second-order valence-electron chi connectivity index (χ2n) is 6.10. The summed E-state index contributed by atoms with van der Waals surface area (Å²) in [4.78, 5) is 0. The van der Waals surface area contributed by atoms with E-state index in [0.717, 1.165) is 19.0 Å². The fourth-order valence-corrected chi connectivity index (χ4v) is 3.14. The van der Waals surface area contributed by atoms with Gasteiger partial charge in [-0.25, -0.2) is 0 Å². The Morgan fingerprint density at radius 1 is 1.25 bits per heavy atom. The monoisotopic (exact) mass is 272 g/mol. The molecule has 0 saturated heterocycles. The molecule has 1 aromatic heterocycles. The minimum Gasteiger partial charge on any atom is -0.344 e. The molecule has 0 fully saturated rings. The molecule has 0 amide bonds. The van der Waals surface area contributed by atoms with Crippen LogP contribution in [0, 0.1) is 19.8 Å². The topological polar surface area (TPSA) is 17.0 Å². The molecule has 0 aliphatic rings. The van der Waals surface area contributed by atoms with Crippen molar-refractivity contribution >= 4 is 10.9 Å². The van der Waals surface area contributed by atoms with Gasteiger partial charge in [0.1, 0.15) is 0 Å². The number of rotatable bonds is 6. The van der Waals surface area contributed by atoms with Crippen molar-refractivity contribution in [1.29, 1.82) is 0 Å². The fraction of sp³-hybridized carbons (Fsp3) is 0.556. The Kier molecular flexibility index (Phi) is 4.87. The molecule has 2 rings (SSSR count). The molecule has 2 nitrogen and oxygen atoms in total. The fourth-order valence-electron chi connectivity index (χ4n) is 3.14. The highest BCUT2D eigenvalue weighted by molar-refractivity contribution is 5.86. The molecule has 0 bridgehead atoms. The Morgan fingerprint density at radius 2 is 2.00 bits per heavy atom. The average molecular weight is 272 g/mol. The van der Waals surface area contributed by atoms with Gasteiger partial charge in [0.15, 0.2) is 0 Å². The first kappa shape index (κ1) is 15.1.